The largest absolute Gasteiger partial charge is 0.382 e. The van der Waals surface area contributed by atoms with E-state index in [1.165, 1.54) is 4.68 Å². The Kier molecular flexibility index (Phi) is 5.65. The van der Waals surface area contributed by atoms with Crippen LogP contribution in [-0.4, -0.2) is 41.1 Å². The van der Waals surface area contributed by atoms with Crippen molar-refractivity contribution in [3.05, 3.63) is 77.5 Å². The second-order valence-corrected chi connectivity index (χ2v) is 7.83. The predicted molar refractivity (Wildman–Crippen MR) is 131 cm³/mol. The number of nitrogen functional groups attached to an aromatic ring is 1. The van der Waals surface area contributed by atoms with Crippen LogP contribution in [0, 0.1) is 22.7 Å². The molecule has 0 amide bonds. The van der Waals surface area contributed by atoms with E-state index >= 15 is 0 Å². The number of fused-ring (bicyclic) bond motifs is 1. The highest BCUT2D eigenvalue weighted by Gasteiger charge is 2.22. The van der Waals surface area contributed by atoms with Crippen LogP contribution < -0.4 is 10.6 Å². The molecule has 0 spiro atoms. The van der Waals surface area contributed by atoms with Gasteiger partial charge < -0.3 is 15.4 Å². The molecule has 0 unspecified atom stereocenters. The van der Waals surface area contributed by atoms with Crippen LogP contribution in [0.5, 0.6) is 0 Å². The van der Waals surface area contributed by atoms with E-state index in [1.54, 1.807) is 6.08 Å². The van der Waals surface area contributed by atoms with Crippen LogP contribution in [0.3, 0.4) is 0 Å². The van der Waals surface area contributed by atoms with E-state index in [2.05, 4.69) is 22.1 Å². The zero-order chi connectivity index (χ0) is 23.5. The van der Waals surface area contributed by atoms with E-state index in [4.69, 9.17) is 15.5 Å². The number of para-hydroxylation sites is 2. The molecule has 0 aliphatic carbocycles. The Balaban J connectivity index is 1.68. The van der Waals surface area contributed by atoms with Crippen molar-refractivity contribution in [3.63, 3.8) is 0 Å². The first kappa shape index (κ1) is 21.2. The molecule has 3 heterocycles. The molecule has 1 aliphatic heterocycles. The third kappa shape index (κ3) is 3.83. The number of nitriles is 2. The summed E-state index contributed by atoms with van der Waals surface area (Å²) in [5.74, 6) is 0.957. The lowest BCUT2D eigenvalue weighted by molar-refractivity contribution is 0.122. The Labute approximate surface area is 196 Å². The van der Waals surface area contributed by atoms with Gasteiger partial charge in [0.1, 0.15) is 35.0 Å². The highest BCUT2D eigenvalue weighted by molar-refractivity contribution is 5.95. The van der Waals surface area contributed by atoms with Gasteiger partial charge in [-0.05, 0) is 30.3 Å². The molecule has 2 aromatic heterocycles. The Bertz CT molecular complexity index is 1470. The molecule has 8 heteroatoms. The zero-order valence-electron chi connectivity index (χ0n) is 18.3. The lowest BCUT2D eigenvalue weighted by Gasteiger charge is -2.29. The first-order valence-electron chi connectivity index (χ1n) is 10.9. The smallest absolute Gasteiger partial charge is 0.145 e. The van der Waals surface area contributed by atoms with E-state index in [-0.39, 0.29) is 22.6 Å². The van der Waals surface area contributed by atoms with E-state index < -0.39 is 0 Å². The summed E-state index contributed by atoms with van der Waals surface area (Å²) in [5, 5.41) is 25.4. The molecule has 0 bridgehead atoms. The third-order valence-electron chi connectivity index (χ3n) is 5.75. The molecule has 1 fully saturated rings. The molecule has 1 aliphatic rings. The van der Waals surface area contributed by atoms with Gasteiger partial charge in [0.15, 0.2) is 0 Å². The van der Waals surface area contributed by atoms with Crippen LogP contribution in [-0.2, 0) is 4.74 Å². The molecule has 5 rings (SSSR count). The number of ether oxygens (including phenoxy) is 1. The molecule has 4 aromatic rings. The maximum Gasteiger partial charge on any atom is 0.145 e. The number of aromatic nitrogens is 3. The molecule has 2 aromatic carbocycles. The number of rotatable bonds is 4. The van der Waals surface area contributed by atoms with Gasteiger partial charge in [-0.1, -0.05) is 36.4 Å². The van der Waals surface area contributed by atoms with Gasteiger partial charge in [-0.15, -0.1) is 0 Å². The molecular formula is C26H21N7O. The molecule has 2 N–H and O–H groups in total. The molecule has 1 saturated heterocycles. The summed E-state index contributed by atoms with van der Waals surface area (Å²) in [5.41, 5.74) is 9.26. The lowest BCUT2D eigenvalue weighted by atomic mass is 10.0. The molecule has 8 nitrogen and oxygen atoms in total. The topological polar surface area (TPSA) is 117 Å². The highest BCUT2D eigenvalue weighted by Crippen LogP contribution is 2.31. The summed E-state index contributed by atoms with van der Waals surface area (Å²) < 4.78 is 7.00. The monoisotopic (exact) mass is 447 g/mol. The molecule has 0 saturated carbocycles. The minimum Gasteiger partial charge on any atom is -0.382 e. The van der Waals surface area contributed by atoms with Crippen LogP contribution in [0.2, 0.25) is 0 Å². The molecule has 34 heavy (non-hydrogen) atoms. The fraction of sp³-hybridized carbons (Fsp3) is 0.154. The SMILES string of the molecule is N#C/C(=C\c1cc2ccccc2nc1N1CCOCC1)c1nn(-c2ccccc2)c(N)c1C#N. The summed E-state index contributed by atoms with van der Waals surface area (Å²) >= 11 is 0. The van der Waals surface area contributed by atoms with Gasteiger partial charge in [0.25, 0.3) is 0 Å². The normalized spacial score (nSPS) is 14.1. The van der Waals surface area contributed by atoms with Gasteiger partial charge in [0.05, 0.1) is 30.0 Å². The number of pyridine rings is 1. The van der Waals surface area contributed by atoms with Crippen molar-refractivity contribution in [3.8, 4) is 17.8 Å². The Morgan fingerprint density at radius 1 is 1.03 bits per heavy atom. The van der Waals surface area contributed by atoms with Crippen LogP contribution in [0.25, 0.3) is 28.2 Å². The van der Waals surface area contributed by atoms with Crippen LogP contribution >= 0.6 is 0 Å². The summed E-state index contributed by atoms with van der Waals surface area (Å²) in [6, 6.07) is 23.5. The molecular weight excluding hydrogens is 426 g/mol. The molecule has 0 atom stereocenters. The Morgan fingerprint density at radius 2 is 1.76 bits per heavy atom. The van der Waals surface area contributed by atoms with Gasteiger partial charge in [0.2, 0.25) is 0 Å². The summed E-state index contributed by atoms with van der Waals surface area (Å²) in [4.78, 5) is 7.05. The number of allylic oxidation sites excluding steroid dienone is 1. The first-order chi connectivity index (χ1) is 16.7. The van der Waals surface area contributed by atoms with E-state index in [1.807, 2.05) is 60.7 Å². The van der Waals surface area contributed by atoms with Crippen molar-refractivity contribution in [2.75, 3.05) is 36.9 Å². The fourth-order valence-electron chi connectivity index (χ4n) is 4.06. The zero-order valence-corrected chi connectivity index (χ0v) is 18.3. The summed E-state index contributed by atoms with van der Waals surface area (Å²) in [6.07, 6.45) is 1.74. The van der Waals surface area contributed by atoms with Crippen LogP contribution in [0.15, 0.2) is 60.7 Å². The van der Waals surface area contributed by atoms with Gasteiger partial charge in [-0.3, -0.25) is 0 Å². The van der Waals surface area contributed by atoms with Crippen molar-refractivity contribution in [1.82, 2.24) is 14.8 Å². The van der Waals surface area contributed by atoms with E-state index in [0.717, 1.165) is 22.3 Å². The number of benzene rings is 2. The van der Waals surface area contributed by atoms with Crippen LogP contribution in [0.4, 0.5) is 11.6 Å². The number of anilines is 2. The minimum atomic E-state index is 0.165. The van der Waals surface area contributed by atoms with Crippen molar-refractivity contribution >= 4 is 34.2 Å². The predicted octanol–water partition coefficient (Wildman–Crippen LogP) is 3.78. The van der Waals surface area contributed by atoms with Crippen molar-refractivity contribution in [2.24, 2.45) is 0 Å². The maximum absolute atomic E-state index is 10.1. The minimum absolute atomic E-state index is 0.165. The van der Waals surface area contributed by atoms with Crippen molar-refractivity contribution < 1.29 is 4.74 Å². The number of nitrogens with zero attached hydrogens (tertiary/aromatic N) is 6. The second kappa shape index (κ2) is 9.07. The Hall–Kier alpha value is -4.66. The third-order valence-corrected chi connectivity index (χ3v) is 5.75. The van der Waals surface area contributed by atoms with Crippen molar-refractivity contribution in [2.45, 2.75) is 0 Å². The van der Waals surface area contributed by atoms with Crippen LogP contribution in [0.1, 0.15) is 16.8 Å². The second-order valence-electron chi connectivity index (χ2n) is 7.83. The highest BCUT2D eigenvalue weighted by atomic mass is 16.5. The first-order valence-corrected chi connectivity index (χ1v) is 10.9. The molecule has 0 radical (unpaired) electrons. The van der Waals surface area contributed by atoms with Gasteiger partial charge in [-0.25, -0.2) is 9.67 Å². The Morgan fingerprint density at radius 3 is 2.50 bits per heavy atom. The fourth-order valence-corrected chi connectivity index (χ4v) is 4.06. The van der Waals surface area contributed by atoms with Crippen molar-refractivity contribution in [1.29, 1.82) is 10.5 Å². The maximum atomic E-state index is 10.1. The number of hydrogen-bond donors (Lipinski definition) is 1. The summed E-state index contributed by atoms with van der Waals surface area (Å²) in [7, 11) is 0. The van der Waals surface area contributed by atoms with E-state index in [0.29, 0.717) is 32.0 Å². The molecule has 166 valence electrons. The summed E-state index contributed by atoms with van der Waals surface area (Å²) in [6.45, 7) is 2.62. The van der Waals surface area contributed by atoms with E-state index in [9.17, 15) is 10.5 Å². The average Bonchev–Trinajstić information content (AvgIpc) is 3.23. The standard InChI is InChI=1S/C26H21N7O/c27-16-20(24-22(17-28)25(29)33(31-24)21-7-2-1-3-8-21)15-19-14-18-6-4-5-9-23(18)30-26(19)32-10-12-34-13-11-32/h1-9,14-15H,10-13,29H2/b20-15+. The average molecular weight is 448 g/mol. The number of morpholine rings is 1. The van der Waals surface area contributed by atoms with Gasteiger partial charge >= 0.3 is 0 Å². The number of nitrogens with two attached hydrogens (primary N) is 1. The van der Waals surface area contributed by atoms with Gasteiger partial charge in [-0.2, -0.15) is 15.6 Å². The van der Waals surface area contributed by atoms with Gasteiger partial charge in [0, 0.05) is 24.0 Å². The number of hydrogen-bond acceptors (Lipinski definition) is 7. The lowest BCUT2D eigenvalue weighted by Crippen LogP contribution is -2.37. The quantitative estimate of drug-likeness (QED) is 0.473.